The predicted octanol–water partition coefficient (Wildman–Crippen LogP) is 2.63. The minimum absolute atomic E-state index is 0.272. The second kappa shape index (κ2) is 3.51. The van der Waals surface area contributed by atoms with Crippen molar-refractivity contribution < 1.29 is 17.6 Å². The van der Waals surface area contributed by atoms with Gasteiger partial charge in [0.05, 0.1) is 0 Å². The smallest absolute Gasteiger partial charge is 0.246 e. The molecule has 12 heavy (non-hydrogen) atoms. The van der Waals surface area contributed by atoms with Gasteiger partial charge in [-0.1, -0.05) is 0 Å². The highest BCUT2D eigenvalue weighted by molar-refractivity contribution is 5.20. The van der Waals surface area contributed by atoms with Gasteiger partial charge in [0.25, 0.3) is 6.43 Å². The second-order valence-corrected chi connectivity index (χ2v) is 2.11. The van der Waals surface area contributed by atoms with Gasteiger partial charge in [-0.25, -0.2) is 18.2 Å². The first-order valence-electron chi connectivity index (χ1n) is 3.14. The van der Waals surface area contributed by atoms with Crippen LogP contribution in [0.2, 0.25) is 0 Å². The molecule has 0 unspecified atom stereocenters. The summed E-state index contributed by atoms with van der Waals surface area (Å²) in [4.78, 5) is 2.89. The molecule has 0 aliphatic rings. The van der Waals surface area contributed by atoms with Gasteiger partial charge in [-0.15, -0.1) is 0 Å². The zero-order valence-electron chi connectivity index (χ0n) is 5.90. The molecule has 0 saturated heterocycles. The van der Waals surface area contributed by atoms with E-state index in [0.29, 0.717) is 0 Å². The van der Waals surface area contributed by atoms with Crippen LogP contribution in [-0.2, 0) is 6.67 Å². The molecule has 0 saturated carbocycles. The number of pyridine rings is 1. The second-order valence-electron chi connectivity index (χ2n) is 2.11. The summed E-state index contributed by atoms with van der Waals surface area (Å²) in [5.74, 6) is -1.03. The van der Waals surface area contributed by atoms with Crippen LogP contribution in [0.4, 0.5) is 17.6 Å². The van der Waals surface area contributed by atoms with Gasteiger partial charge in [0.2, 0.25) is 5.95 Å². The van der Waals surface area contributed by atoms with Gasteiger partial charge < -0.3 is 0 Å². The Hall–Kier alpha value is -1.13. The van der Waals surface area contributed by atoms with E-state index in [1.165, 1.54) is 0 Å². The maximum atomic E-state index is 12.3. The molecule has 0 fully saturated rings. The van der Waals surface area contributed by atoms with Crippen molar-refractivity contribution in [1.82, 2.24) is 4.98 Å². The number of aromatic nitrogens is 1. The van der Waals surface area contributed by atoms with Crippen LogP contribution in [0.5, 0.6) is 0 Å². The summed E-state index contributed by atoms with van der Waals surface area (Å²) in [6, 6.07) is 1.81. The Morgan fingerprint density at radius 2 is 2.00 bits per heavy atom. The van der Waals surface area contributed by atoms with E-state index in [9.17, 15) is 17.6 Å². The van der Waals surface area contributed by atoms with Crippen molar-refractivity contribution in [3.05, 3.63) is 29.3 Å². The molecule has 66 valence electrons. The van der Waals surface area contributed by atoms with Crippen molar-refractivity contribution in [2.75, 3.05) is 0 Å². The van der Waals surface area contributed by atoms with Gasteiger partial charge in [-0.05, 0) is 12.1 Å². The summed E-state index contributed by atoms with van der Waals surface area (Å²) >= 11 is 0. The number of alkyl halides is 3. The zero-order chi connectivity index (χ0) is 9.14. The van der Waals surface area contributed by atoms with Crippen LogP contribution in [0, 0.1) is 5.95 Å². The van der Waals surface area contributed by atoms with E-state index in [1.807, 2.05) is 0 Å². The van der Waals surface area contributed by atoms with Gasteiger partial charge in [-0.2, -0.15) is 4.39 Å². The summed E-state index contributed by atoms with van der Waals surface area (Å²) in [5, 5.41) is 0. The largest absolute Gasteiger partial charge is 0.280 e. The van der Waals surface area contributed by atoms with E-state index >= 15 is 0 Å². The summed E-state index contributed by atoms with van der Waals surface area (Å²) in [5.41, 5.74) is -1.09. The highest BCUT2D eigenvalue weighted by atomic mass is 19.3. The van der Waals surface area contributed by atoms with Crippen LogP contribution in [0.25, 0.3) is 0 Å². The van der Waals surface area contributed by atoms with Crippen molar-refractivity contribution in [3.63, 3.8) is 0 Å². The maximum absolute atomic E-state index is 12.3. The van der Waals surface area contributed by atoms with E-state index in [2.05, 4.69) is 4.98 Å². The Morgan fingerprint density at radius 3 is 2.50 bits per heavy atom. The summed E-state index contributed by atoms with van der Waals surface area (Å²) < 4.78 is 48.3. The SMILES string of the molecule is FCc1ccc(F)nc1C(F)F. The molecule has 0 radical (unpaired) electrons. The fourth-order valence-electron chi connectivity index (χ4n) is 0.781. The van der Waals surface area contributed by atoms with E-state index in [1.54, 1.807) is 0 Å². The average Bonchev–Trinajstić information content (AvgIpc) is 2.04. The number of nitrogens with zero attached hydrogens (tertiary/aromatic N) is 1. The lowest BCUT2D eigenvalue weighted by Gasteiger charge is -2.03. The molecule has 5 heteroatoms. The lowest BCUT2D eigenvalue weighted by atomic mass is 10.2. The Balaban J connectivity index is 3.12. The molecule has 0 N–H and O–H groups in total. The fraction of sp³-hybridized carbons (Fsp3) is 0.286. The molecule has 1 aromatic heterocycles. The minimum atomic E-state index is -2.94. The highest BCUT2D eigenvalue weighted by Gasteiger charge is 2.15. The predicted molar refractivity (Wildman–Crippen MR) is 34.0 cm³/mol. The van der Waals surface area contributed by atoms with E-state index in [0.717, 1.165) is 12.1 Å². The van der Waals surface area contributed by atoms with Gasteiger partial charge >= 0.3 is 0 Å². The number of rotatable bonds is 2. The van der Waals surface area contributed by atoms with Crippen LogP contribution < -0.4 is 0 Å². The number of halogens is 4. The van der Waals surface area contributed by atoms with Crippen molar-refractivity contribution in [1.29, 1.82) is 0 Å². The third-order valence-corrected chi connectivity index (χ3v) is 1.33. The molecule has 0 atom stereocenters. The Morgan fingerprint density at radius 1 is 1.33 bits per heavy atom. The lowest BCUT2D eigenvalue weighted by molar-refractivity contribution is 0.142. The first-order chi connectivity index (χ1) is 5.65. The van der Waals surface area contributed by atoms with Crippen molar-refractivity contribution in [3.8, 4) is 0 Å². The van der Waals surface area contributed by atoms with Gasteiger partial charge in [0, 0.05) is 5.56 Å². The molecule has 0 aliphatic carbocycles. The normalized spacial score (nSPS) is 10.8. The quantitative estimate of drug-likeness (QED) is 0.502. The standard InChI is InChI=1S/C7H5F4N/c8-3-4-1-2-5(9)12-6(4)7(10)11/h1-2,7H,3H2. The van der Waals surface area contributed by atoms with E-state index in [-0.39, 0.29) is 5.56 Å². The molecule has 1 aromatic rings. The van der Waals surface area contributed by atoms with Crippen LogP contribution in [0.3, 0.4) is 0 Å². The number of hydrogen-bond donors (Lipinski definition) is 0. The van der Waals surface area contributed by atoms with Crippen LogP contribution >= 0.6 is 0 Å². The molecule has 0 bridgehead atoms. The molecule has 1 nitrogen and oxygen atoms in total. The zero-order valence-corrected chi connectivity index (χ0v) is 5.90. The molecule has 0 aromatic carbocycles. The molecular formula is C7H5F4N. The van der Waals surface area contributed by atoms with E-state index < -0.39 is 24.7 Å². The topological polar surface area (TPSA) is 12.9 Å². The fourth-order valence-corrected chi connectivity index (χ4v) is 0.781. The number of hydrogen-bond acceptors (Lipinski definition) is 1. The monoisotopic (exact) mass is 179 g/mol. The van der Waals surface area contributed by atoms with Crippen LogP contribution in [0.15, 0.2) is 12.1 Å². The van der Waals surface area contributed by atoms with E-state index in [4.69, 9.17) is 0 Å². The van der Waals surface area contributed by atoms with Crippen molar-refractivity contribution in [2.24, 2.45) is 0 Å². The van der Waals surface area contributed by atoms with Gasteiger partial charge in [0.15, 0.2) is 0 Å². The Bertz CT molecular complexity index is 274. The Labute approximate surface area is 66.0 Å². The molecule has 1 rings (SSSR count). The minimum Gasteiger partial charge on any atom is -0.246 e. The van der Waals surface area contributed by atoms with Crippen molar-refractivity contribution >= 4 is 0 Å². The Kier molecular flexibility index (Phi) is 2.62. The third kappa shape index (κ3) is 1.72. The van der Waals surface area contributed by atoms with Gasteiger partial charge in [0.1, 0.15) is 12.4 Å². The van der Waals surface area contributed by atoms with Crippen molar-refractivity contribution in [2.45, 2.75) is 13.1 Å². The highest BCUT2D eigenvalue weighted by Crippen LogP contribution is 2.21. The maximum Gasteiger partial charge on any atom is 0.280 e. The van der Waals surface area contributed by atoms with Crippen LogP contribution in [0.1, 0.15) is 17.7 Å². The summed E-state index contributed by atoms with van der Waals surface area (Å²) in [6.45, 7) is -1.06. The summed E-state index contributed by atoms with van der Waals surface area (Å²) in [6.07, 6.45) is -2.94. The molecular weight excluding hydrogens is 174 g/mol. The average molecular weight is 179 g/mol. The third-order valence-electron chi connectivity index (χ3n) is 1.33. The first kappa shape index (κ1) is 8.96. The molecule has 1 heterocycles. The molecule has 0 spiro atoms. The summed E-state index contributed by atoms with van der Waals surface area (Å²) in [7, 11) is 0. The first-order valence-corrected chi connectivity index (χ1v) is 3.14. The molecule has 0 amide bonds. The van der Waals surface area contributed by atoms with Crippen LogP contribution in [-0.4, -0.2) is 4.98 Å². The molecule has 0 aliphatic heterocycles. The lowest BCUT2D eigenvalue weighted by Crippen LogP contribution is -1.98. The van der Waals surface area contributed by atoms with Gasteiger partial charge in [-0.3, -0.25) is 0 Å².